The fraction of sp³-hybridized carbons (Fsp3) is 0.438. The van der Waals surface area contributed by atoms with E-state index in [1.807, 2.05) is 22.9 Å². The Bertz CT molecular complexity index is 846. The monoisotopic (exact) mass is 363 g/mol. The molecule has 4 rings (SSSR count). The largest absolute Gasteiger partial charge is 0.308 e. The zero-order valence-electron chi connectivity index (χ0n) is 13.0. The van der Waals surface area contributed by atoms with Crippen molar-refractivity contribution in [3.8, 4) is 0 Å². The molecule has 0 bridgehead atoms. The minimum absolute atomic E-state index is 0.463. The molecule has 1 N–H and O–H groups in total. The average Bonchev–Trinajstić information content (AvgIpc) is 3.11. The van der Waals surface area contributed by atoms with Crippen LogP contribution in [-0.2, 0) is 6.67 Å². The van der Waals surface area contributed by atoms with E-state index in [-0.39, 0.29) is 0 Å². The lowest BCUT2D eigenvalue weighted by atomic mass is 10.0. The van der Waals surface area contributed by atoms with Gasteiger partial charge < -0.3 is 4.90 Å². The van der Waals surface area contributed by atoms with E-state index < -0.39 is 0 Å². The van der Waals surface area contributed by atoms with Crippen molar-refractivity contribution in [3.05, 3.63) is 38.2 Å². The summed E-state index contributed by atoms with van der Waals surface area (Å²) in [6, 6.07) is 8.89. The number of hydrogen-bond acceptors (Lipinski definition) is 5. The highest BCUT2D eigenvalue weighted by molar-refractivity contribution is 7.73. The summed E-state index contributed by atoms with van der Waals surface area (Å²) in [4.78, 5) is 6.44. The number of likely N-dealkylation sites (tertiary alicyclic amines) is 1. The van der Waals surface area contributed by atoms with Crippen LogP contribution in [0.1, 0.15) is 35.3 Å². The molecule has 120 valence electrons. The first kappa shape index (κ1) is 15.4. The molecule has 1 unspecified atom stereocenters. The number of aromatic nitrogens is 3. The lowest BCUT2D eigenvalue weighted by Crippen LogP contribution is -3.12. The number of rotatable bonds is 3. The van der Waals surface area contributed by atoms with Crippen LogP contribution in [0.5, 0.6) is 0 Å². The van der Waals surface area contributed by atoms with Crippen molar-refractivity contribution in [2.24, 2.45) is 0 Å². The summed E-state index contributed by atoms with van der Waals surface area (Å²) >= 11 is 8.88. The number of nitrogens with one attached hydrogen (secondary N) is 1. The number of hydrogen-bond donors (Lipinski definition) is 1. The average molecular weight is 364 g/mol. The van der Waals surface area contributed by atoms with E-state index in [0.29, 0.717) is 6.04 Å². The van der Waals surface area contributed by atoms with Gasteiger partial charge in [-0.05, 0) is 44.1 Å². The predicted octanol–water partition coefficient (Wildman–Crippen LogP) is 3.36. The summed E-state index contributed by atoms with van der Waals surface area (Å²) < 4.78 is 4.16. The van der Waals surface area contributed by atoms with E-state index in [1.54, 1.807) is 11.3 Å². The minimum atomic E-state index is 0.463. The number of nitrogens with zero attached hydrogens (tertiary/aromatic N) is 3. The molecule has 1 fully saturated rings. The molecule has 1 aliphatic heterocycles. The molecule has 3 heterocycles. The van der Waals surface area contributed by atoms with Crippen LogP contribution in [-0.4, -0.2) is 21.3 Å². The van der Waals surface area contributed by atoms with Gasteiger partial charge in [-0.3, -0.25) is 0 Å². The van der Waals surface area contributed by atoms with E-state index in [9.17, 15) is 0 Å². The summed E-state index contributed by atoms with van der Waals surface area (Å²) in [6.07, 6.45) is 3.75. The van der Waals surface area contributed by atoms with Gasteiger partial charge in [0.1, 0.15) is 11.0 Å². The molecule has 0 aliphatic carbocycles. The van der Waals surface area contributed by atoms with Crippen molar-refractivity contribution in [1.82, 2.24) is 14.8 Å². The van der Waals surface area contributed by atoms with Gasteiger partial charge in [0.2, 0.25) is 0 Å². The first-order valence-corrected chi connectivity index (χ1v) is 9.99. The second-order valence-corrected chi connectivity index (χ2v) is 8.91. The molecule has 2 aromatic heterocycles. The Morgan fingerprint density at radius 2 is 2.17 bits per heavy atom. The third-order valence-corrected chi connectivity index (χ3v) is 6.78. The first-order valence-electron chi connectivity index (χ1n) is 7.95. The standard InChI is InChI=1S/C16H18N4S3/c1-11-18-20(16(21)22-11)10-19-9-5-4-7-13(19)15-17-12-6-2-3-8-14(12)23-15/h2-3,6,8,13H,4-5,7,9-10H2,1H3/p+1/t13-/m1/s1. The van der Waals surface area contributed by atoms with Gasteiger partial charge in [0.05, 0.1) is 16.8 Å². The number of fused-ring (bicyclic) bond motifs is 1. The van der Waals surface area contributed by atoms with Crippen molar-refractivity contribution in [2.45, 2.75) is 38.9 Å². The number of benzene rings is 1. The van der Waals surface area contributed by atoms with Gasteiger partial charge in [-0.1, -0.05) is 23.5 Å². The van der Waals surface area contributed by atoms with E-state index in [1.165, 1.54) is 40.4 Å². The van der Waals surface area contributed by atoms with Crippen molar-refractivity contribution in [2.75, 3.05) is 6.54 Å². The Morgan fingerprint density at radius 1 is 1.30 bits per heavy atom. The summed E-state index contributed by atoms with van der Waals surface area (Å²) in [5, 5.41) is 6.88. The lowest BCUT2D eigenvalue weighted by molar-refractivity contribution is -0.959. The molecule has 23 heavy (non-hydrogen) atoms. The van der Waals surface area contributed by atoms with Gasteiger partial charge in [-0.2, -0.15) is 9.78 Å². The van der Waals surface area contributed by atoms with E-state index >= 15 is 0 Å². The number of quaternary nitrogens is 1. The fourth-order valence-electron chi connectivity index (χ4n) is 3.31. The highest BCUT2D eigenvalue weighted by Gasteiger charge is 2.31. The molecular formula is C16H19N4S3+. The van der Waals surface area contributed by atoms with E-state index in [4.69, 9.17) is 17.2 Å². The zero-order chi connectivity index (χ0) is 15.8. The summed E-state index contributed by atoms with van der Waals surface area (Å²) in [5.74, 6) is 0. The number of aryl methyl sites for hydroxylation is 1. The van der Waals surface area contributed by atoms with Crippen LogP contribution in [0, 0.1) is 10.9 Å². The van der Waals surface area contributed by atoms with Gasteiger partial charge in [0.15, 0.2) is 15.6 Å². The van der Waals surface area contributed by atoms with Gasteiger partial charge in [-0.15, -0.1) is 11.3 Å². The molecule has 4 nitrogen and oxygen atoms in total. The lowest BCUT2D eigenvalue weighted by Gasteiger charge is -2.30. The molecule has 1 aromatic carbocycles. The van der Waals surface area contributed by atoms with Crippen molar-refractivity contribution >= 4 is 45.1 Å². The van der Waals surface area contributed by atoms with Crippen LogP contribution in [0.25, 0.3) is 10.2 Å². The van der Waals surface area contributed by atoms with Gasteiger partial charge >= 0.3 is 0 Å². The molecule has 3 aromatic rings. The Hall–Kier alpha value is -1.15. The molecule has 0 saturated carbocycles. The highest BCUT2D eigenvalue weighted by atomic mass is 32.1. The van der Waals surface area contributed by atoms with Crippen LogP contribution in [0.2, 0.25) is 0 Å². The molecule has 7 heteroatoms. The fourth-order valence-corrected chi connectivity index (χ4v) is 5.54. The van der Waals surface area contributed by atoms with E-state index in [2.05, 4.69) is 29.4 Å². The summed E-state index contributed by atoms with van der Waals surface area (Å²) in [7, 11) is 0. The molecule has 1 saturated heterocycles. The molecule has 2 atom stereocenters. The highest BCUT2D eigenvalue weighted by Crippen LogP contribution is 2.28. The molecule has 0 spiro atoms. The summed E-state index contributed by atoms with van der Waals surface area (Å²) in [6.45, 7) is 4.04. The van der Waals surface area contributed by atoms with Crippen LogP contribution in [0.3, 0.4) is 0 Å². The maximum atomic E-state index is 5.44. The van der Waals surface area contributed by atoms with Crippen molar-refractivity contribution in [3.63, 3.8) is 0 Å². The van der Waals surface area contributed by atoms with Crippen molar-refractivity contribution < 1.29 is 4.90 Å². The third kappa shape index (κ3) is 3.10. The summed E-state index contributed by atoms with van der Waals surface area (Å²) in [5.41, 5.74) is 1.12. The maximum absolute atomic E-state index is 5.44. The van der Waals surface area contributed by atoms with Gasteiger partial charge in [-0.25, -0.2) is 4.98 Å². The quantitative estimate of drug-likeness (QED) is 0.725. The van der Waals surface area contributed by atoms with Gasteiger partial charge in [0, 0.05) is 6.42 Å². The van der Waals surface area contributed by atoms with Crippen LogP contribution in [0.15, 0.2) is 24.3 Å². The second kappa shape index (κ2) is 6.39. The predicted molar refractivity (Wildman–Crippen MR) is 97.7 cm³/mol. The van der Waals surface area contributed by atoms with Crippen molar-refractivity contribution in [1.29, 1.82) is 0 Å². The Kier molecular flexibility index (Phi) is 4.27. The molecule has 1 aliphatic rings. The normalized spacial score (nSPS) is 21.8. The minimum Gasteiger partial charge on any atom is -0.308 e. The smallest absolute Gasteiger partial charge is 0.184 e. The first-order chi connectivity index (χ1) is 11.2. The molecule has 0 amide bonds. The van der Waals surface area contributed by atoms with Crippen LogP contribution >= 0.6 is 34.9 Å². The number of thiazole rings is 1. The zero-order valence-corrected chi connectivity index (χ0v) is 15.4. The SMILES string of the molecule is Cc1nn(C[NH+]2CCCC[C@@H]2c2nc3ccccc3s2)c(=S)s1. The third-order valence-electron chi connectivity index (χ3n) is 4.40. The molecule has 0 radical (unpaired) electrons. The van der Waals surface area contributed by atoms with E-state index in [0.717, 1.165) is 21.1 Å². The van der Waals surface area contributed by atoms with Gasteiger partial charge in [0.25, 0.3) is 0 Å². The number of para-hydroxylation sites is 1. The Morgan fingerprint density at radius 3 is 2.96 bits per heavy atom. The second-order valence-electron chi connectivity index (χ2n) is 6.02. The Balaban J connectivity index is 1.64. The Labute approximate surface area is 148 Å². The topological polar surface area (TPSA) is 35.2 Å². The number of piperidine rings is 1. The molecular weight excluding hydrogens is 344 g/mol. The maximum Gasteiger partial charge on any atom is 0.184 e. The van der Waals surface area contributed by atoms with Crippen LogP contribution < -0.4 is 4.90 Å². The van der Waals surface area contributed by atoms with Crippen LogP contribution in [0.4, 0.5) is 0 Å².